The maximum Gasteiger partial charge on any atom is 0.291 e. The van der Waals surface area contributed by atoms with Crippen LogP contribution in [0, 0.1) is 0 Å². The number of furan rings is 1. The van der Waals surface area contributed by atoms with E-state index in [0.717, 1.165) is 16.7 Å². The number of hydrazone groups is 1. The largest absolute Gasteiger partial charge is 0.463 e. The van der Waals surface area contributed by atoms with E-state index in [1.165, 1.54) is 0 Å². The molecule has 4 aromatic rings. The molecule has 4 rings (SSSR count). The van der Waals surface area contributed by atoms with Gasteiger partial charge in [-0.05, 0) is 28.8 Å². The first kappa shape index (κ1) is 16.5. The van der Waals surface area contributed by atoms with Gasteiger partial charge in [0.15, 0.2) is 11.5 Å². The number of nitrogens with one attached hydrogen (secondary N) is 2. The second-order valence-corrected chi connectivity index (χ2v) is 5.83. The number of H-pyrrole nitrogens is 1. The number of benzene rings is 2. The highest BCUT2D eigenvalue weighted by molar-refractivity contribution is 5.94. The molecule has 6 heteroatoms. The summed E-state index contributed by atoms with van der Waals surface area (Å²) in [4.78, 5) is 12.1. The van der Waals surface area contributed by atoms with Gasteiger partial charge in [0.25, 0.3) is 5.91 Å². The number of carbonyl (C=O) groups excluding carboxylic acids is 1. The van der Waals surface area contributed by atoms with Crippen LogP contribution in [0.25, 0.3) is 22.6 Å². The predicted octanol–water partition coefficient (Wildman–Crippen LogP) is 4.10. The number of nitrogens with zero attached hydrogens (tertiary/aromatic N) is 2. The Morgan fingerprint density at radius 3 is 2.52 bits per heavy atom. The highest BCUT2D eigenvalue weighted by atomic mass is 16.3. The first-order chi connectivity index (χ1) is 13.3. The van der Waals surface area contributed by atoms with E-state index in [4.69, 9.17) is 4.42 Å². The van der Waals surface area contributed by atoms with Crippen molar-refractivity contribution >= 4 is 12.1 Å². The monoisotopic (exact) mass is 356 g/mol. The summed E-state index contributed by atoms with van der Waals surface area (Å²) in [5.74, 6) is 0.213. The van der Waals surface area contributed by atoms with Gasteiger partial charge in [0, 0.05) is 6.07 Å². The molecule has 132 valence electrons. The number of hydrogen-bond donors (Lipinski definition) is 2. The van der Waals surface area contributed by atoms with Crippen LogP contribution in [0.4, 0.5) is 0 Å². The highest BCUT2D eigenvalue weighted by Gasteiger charge is 2.11. The molecule has 0 spiro atoms. The Morgan fingerprint density at radius 2 is 1.78 bits per heavy atom. The van der Waals surface area contributed by atoms with E-state index in [9.17, 15) is 4.79 Å². The third-order valence-electron chi connectivity index (χ3n) is 3.99. The summed E-state index contributed by atoms with van der Waals surface area (Å²) in [6.45, 7) is 0. The first-order valence-electron chi connectivity index (χ1n) is 8.38. The van der Waals surface area contributed by atoms with Crippen molar-refractivity contribution in [2.24, 2.45) is 5.10 Å². The molecule has 1 amide bonds. The molecule has 0 aliphatic rings. The SMILES string of the molecule is O=C(N/N=C\c1ccc(-c2ccccc2)cc1)c1cc(-c2ccco2)[nH]n1. The van der Waals surface area contributed by atoms with E-state index in [2.05, 4.69) is 32.9 Å². The van der Waals surface area contributed by atoms with E-state index in [1.807, 2.05) is 42.5 Å². The number of aromatic nitrogens is 2. The standard InChI is InChI=1S/C21H16N4O2/c26-21(19-13-18(23-24-19)20-7-4-12-27-20)25-22-14-15-8-10-17(11-9-15)16-5-2-1-3-6-16/h1-14H,(H,23,24)(H,25,26)/b22-14-. The summed E-state index contributed by atoms with van der Waals surface area (Å²) in [5, 5.41) is 10.7. The lowest BCUT2D eigenvalue weighted by molar-refractivity contribution is 0.0950. The fourth-order valence-electron chi connectivity index (χ4n) is 2.61. The molecule has 0 bridgehead atoms. The summed E-state index contributed by atoms with van der Waals surface area (Å²) < 4.78 is 5.26. The van der Waals surface area contributed by atoms with Crippen molar-refractivity contribution in [3.05, 3.63) is 90.3 Å². The van der Waals surface area contributed by atoms with Gasteiger partial charge in [0.2, 0.25) is 0 Å². The minimum Gasteiger partial charge on any atom is -0.463 e. The topological polar surface area (TPSA) is 83.3 Å². The Hall–Kier alpha value is -3.93. The van der Waals surface area contributed by atoms with Gasteiger partial charge in [-0.2, -0.15) is 10.2 Å². The van der Waals surface area contributed by atoms with Crippen molar-refractivity contribution in [2.45, 2.75) is 0 Å². The lowest BCUT2D eigenvalue weighted by Gasteiger charge is -2.01. The number of carbonyl (C=O) groups is 1. The van der Waals surface area contributed by atoms with Crippen molar-refractivity contribution in [3.63, 3.8) is 0 Å². The molecule has 2 heterocycles. The van der Waals surface area contributed by atoms with Crippen LogP contribution in [0.5, 0.6) is 0 Å². The van der Waals surface area contributed by atoms with E-state index < -0.39 is 5.91 Å². The van der Waals surface area contributed by atoms with Gasteiger partial charge < -0.3 is 4.42 Å². The van der Waals surface area contributed by atoms with Crippen LogP contribution >= 0.6 is 0 Å². The van der Waals surface area contributed by atoms with Gasteiger partial charge in [-0.15, -0.1) is 0 Å². The molecular formula is C21H16N4O2. The molecule has 0 radical (unpaired) electrons. The van der Waals surface area contributed by atoms with E-state index >= 15 is 0 Å². The van der Waals surface area contributed by atoms with Crippen LogP contribution < -0.4 is 5.43 Å². The summed E-state index contributed by atoms with van der Waals surface area (Å²) in [5.41, 5.74) is 6.49. The molecule has 27 heavy (non-hydrogen) atoms. The van der Waals surface area contributed by atoms with Crippen LogP contribution in [-0.2, 0) is 0 Å². The minimum absolute atomic E-state index is 0.234. The van der Waals surface area contributed by atoms with E-state index in [1.54, 1.807) is 30.7 Å². The average molecular weight is 356 g/mol. The lowest BCUT2D eigenvalue weighted by atomic mass is 10.0. The molecular weight excluding hydrogens is 340 g/mol. The molecule has 0 saturated carbocycles. The molecule has 0 fully saturated rings. The number of hydrogen-bond acceptors (Lipinski definition) is 4. The Labute approximate surface area is 155 Å². The lowest BCUT2D eigenvalue weighted by Crippen LogP contribution is -2.17. The summed E-state index contributed by atoms with van der Waals surface area (Å²) in [7, 11) is 0. The number of rotatable bonds is 5. The maximum absolute atomic E-state index is 12.1. The van der Waals surface area contributed by atoms with Crippen molar-refractivity contribution in [1.29, 1.82) is 0 Å². The molecule has 0 saturated heterocycles. The molecule has 2 N–H and O–H groups in total. The van der Waals surface area contributed by atoms with Crippen LogP contribution in [0.1, 0.15) is 16.1 Å². The zero-order chi connectivity index (χ0) is 18.5. The average Bonchev–Trinajstić information content (AvgIpc) is 3.41. The van der Waals surface area contributed by atoms with Crippen LogP contribution in [0.3, 0.4) is 0 Å². The highest BCUT2D eigenvalue weighted by Crippen LogP contribution is 2.19. The van der Waals surface area contributed by atoms with Crippen molar-refractivity contribution in [3.8, 4) is 22.6 Å². The van der Waals surface area contributed by atoms with E-state index in [0.29, 0.717) is 11.5 Å². The van der Waals surface area contributed by atoms with Gasteiger partial charge in [0.1, 0.15) is 5.69 Å². The minimum atomic E-state index is -0.402. The molecule has 0 unspecified atom stereocenters. The van der Waals surface area contributed by atoms with Crippen LogP contribution in [0.2, 0.25) is 0 Å². The van der Waals surface area contributed by atoms with Gasteiger partial charge in [0.05, 0.1) is 12.5 Å². The fraction of sp³-hybridized carbons (Fsp3) is 0. The quantitative estimate of drug-likeness (QED) is 0.417. The fourth-order valence-corrected chi connectivity index (χ4v) is 2.61. The summed E-state index contributed by atoms with van der Waals surface area (Å²) in [6, 6.07) is 23.2. The number of aromatic amines is 1. The summed E-state index contributed by atoms with van der Waals surface area (Å²) in [6.07, 6.45) is 3.15. The second kappa shape index (κ2) is 7.53. The molecule has 6 nitrogen and oxygen atoms in total. The van der Waals surface area contributed by atoms with Gasteiger partial charge in [-0.25, -0.2) is 5.43 Å². The Kier molecular flexibility index (Phi) is 4.61. The van der Waals surface area contributed by atoms with Crippen molar-refractivity contribution in [2.75, 3.05) is 0 Å². The van der Waals surface area contributed by atoms with Crippen LogP contribution in [-0.4, -0.2) is 22.3 Å². The Bertz CT molecular complexity index is 1050. The van der Waals surface area contributed by atoms with Crippen LogP contribution in [0.15, 0.2) is 88.6 Å². The smallest absolute Gasteiger partial charge is 0.291 e. The van der Waals surface area contributed by atoms with Crippen molar-refractivity contribution in [1.82, 2.24) is 15.6 Å². The van der Waals surface area contributed by atoms with Crippen molar-refractivity contribution < 1.29 is 9.21 Å². The Morgan fingerprint density at radius 1 is 1.00 bits per heavy atom. The number of amides is 1. The second-order valence-electron chi connectivity index (χ2n) is 5.83. The zero-order valence-electron chi connectivity index (χ0n) is 14.3. The third-order valence-corrected chi connectivity index (χ3v) is 3.99. The Balaban J connectivity index is 1.38. The van der Waals surface area contributed by atoms with Gasteiger partial charge >= 0.3 is 0 Å². The molecule has 0 aliphatic carbocycles. The molecule has 0 aliphatic heterocycles. The zero-order valence-corrected chi connectivity index (χ0v) is 14.3. The van der Waals surface area contributed by atoms with Gasteiger partial charge in [-0.3, -0.25) is 9.89 Å². The maximum atomic E-state index is 12.1. The third kappa shape index (κ3) is 3.85. The summed E-state index contributed by atoms with van der Waals surface area (Å²) >= 11 is 0. The molecule has 0 atom stereocenters. The normalized spacial score (nSPS) is 11.0. The molecule has 2 aromatic carbocycles. The first-order valence-corrected chi connectivity index (χ1v) is 8.38. The molecule has 2 aromatic heterocycles. The predicted molar refractivity (Wildman–Crippen MR) is 103 cm³/mol. The van der Waals surface area contributed by atoms with Gasteiger partial charge in [-0.1, -0.05) is 54.6 Å². The van der Waals surface area contributed by atoms with E-state index in [-0.39, 0.29) is 5.69 Å².